The van der Waals surface area contributed by atoms with Crippen molar-refractivity contribution >= 4 is 157 Å². The fourth-order valence-electron chi connectivity index (χ4n) is 23.5. The molecule has 9 atom stereocenters. The van der Waals surface area contributed by atoms with E-state index in [1.54, 1.807) is 16.0 Å². The Hall–Kier alpha value is -10.4. The molecule has 7 aromatic carbocycles. The SMILES string of the molecule is C=CC1CC(/C=C\C2CC(/C=C\C3CC(C=C)C(OCN4C(=O)c5ccc6c7ccc8c9c(ccc(c%10ccc(c5c6%10)C4=O)c97)C(=O)N(C(CCCCCCCC)CCCCCCCC)C8=O)C3)C(OCNC(=O)c3ccc4nc5c6ccc[n+]7c6c6c(ccc[n+]6C7)c5nc4c3)C2)C(OCN=Cc2ccc(-c3sc(-c4ccc(C)s4)c(CCCCCCCC)c3CCCCCCCC)s2)C1. The summed E-state index contributed by atoms with van der Waals surface area (Å²) in [5.74, 6) is -0.837. The molecular weight excluding hydrogens is 1740 g/mol. The van der Waals surface area contributed by atoms with Crippen molar-refractivity contribution < 1.29 is 47.3 Å². The van der Waals surface area contributed by atoms with E-state index in [0.717, 1.165) is 173 Å². The zero-order chi connectivity index (χ0) is 93.5. The van der Waals surface area contributed by atoms with Crippen LogP contribution in [-0.4, -0.2) is 100 Å². The Kier molecular flexibility index (Phi) is 30.1. The predicted molar refractivity (Wildman–Crippen MR) is 558 cm³/mol. The Morgan fingerprint density at radius 2 is 0.956 bits per heavy atom. The highest BCUT2D eigenvalue weighted by Crippen LogP contribution is 2.51. The van der Waals surface area contributed by atoms with Gasteiger partial charge in [-0.25, -0.2) is 14.9 Å². The molecule has 5 amide bonds. The monoisotopic (exact) mass is 1870 g/mol. The van der Waals surface area contributed by atoms with Crippen LogP contribution in [0.15, 0.2) is 182 Å². The van der Waals surface area contributed by atoms with E-state index in [9.17, 15) is 4.79 Å². The Bertz CT molecular complexity index is 6600. The van der Waals surface area contributed by atoms with Crippen molar-refractivity contribution in [1.29, 1.82) is 0 Å². The number of unbranched alkanes of at least 4 members (excludes halogenated alkanes) is 20. The topological polar surface area (TPSA) is 177 Å². The van der Waals surface area contributed by atoms with Crippen LogP contribution in [0.1, 0.15) is 306 Å². The van der Waals surface area contributed by atoms with Gasteiger partial charge >= 0.3 is 6.67 Å². The maximum Gasteiger partial charge on any atom is 0.345 e. The van der Waals surface area contributed by atoms with Gasteiger partial charge in [0.25, 0.3) is 40.6 Å². The van der Waals surface area contributed by atoms with Crippen LogP contribution in [0.5, 0.6) is 0 Å². The van der Waals surface area contributed by atoms with Crippen LogP contribution >= 0.6 is 34.0 Å². The molecule has 19 heteroatoms. The summed E-state index contributed by atoms with van der Waals surface area (Å²) in [6, 6.07) is 38.4. The van der Waals surface area contributed by atoms with Crippen molar-refractivity contribution in [3.8, 4) is 19.5 Å². The molecule has 0 spiro atoms. The summed E-state index contributed by atoms with van der Waals surface area (Å²) >= 11 is 5.81. The summed E-state index contributed by atoms with van der Waals surface area (Å²) < 4.78 is 25.0. The van der Waals surface area contributed by atoms with Gasteiger partial charge in [-0.15, -0.1) is 56.3 Å². The van der Waals surface area contributed by atoms with Gasteiger partial charge in [0.1, 0.15) is 31.2 Å². The zero-order valence-corrected chi connectivity index (χ0v) is 82.8. The Balaban J connectivity index is 0.535. The molecule has 13 aromatic rings. The maximum atomic E-state index is 15.1. The molecule has 3 saturated carbocycles. The van der Waals surface area contributed by atoms with Crippen LogP contribution in [0.4, 0.5) is 0 Å². The van der Waals surface area contributed by atoms with Gasteiger partial charge in [-0.3, -0.25) is 33.9 Å². The summed E-state index contributed by atoms with van der Waals surface area (Å²) in [4.78, 5) is 101. The van der Waals surface area contributed by atoms with Gasteiger partial charge in [0.05, 0.1) is 40.1 Å². The standard InChI is InChI=1S/C117H133N8O8S3/c1-8-14-18-22-26-30-36-82(37-31-27-23-19-15-9-2)125-116(129)92-55-51-86-84-49-53-90-105-91(54-50-85(103(84)105)87-52-56-93(117(125)130)106(92)104(86)87)115(128)124(114(90)127)73-133-98-66-76(63-78(98)13-6)43-46-80-64-77(67-100(80)132-71-119-113(126)81-47-57-96-97(68-81)121-108-95-41-35-61-123-72-122-60-34-40-94(107(108)120-96)109(122)110(95)123)44-45-79-62-75(12-5)65-99(79)131-70-118-69-83-48-59-102(135-83)112-89(39-33-29-25-21-17-11-4)88(38-32-28-24-20-16-10-3)111(136-112)101-58-42-74(7)134-101/h12-13,34-35,40-61,68-69,75-80,82,98-100H,5-6,8-11,14-33,36-39,62-67,70-73H2,1-4,7H3/q+1/p+1/b45-44-,46-43-,118-69?. The van der Waals surface area contributed by atoms with Crippen molar-refractivity contribution in [1.82, 2.24) is 25.1 Å². The second-order valence-corrected chi connectivity index (χ2v) is 43.2. The molecular formula is C117H134N8O8S3+2. The van der Waals surface area contributed by atoms with E-state index in [1.807, 2.05) is 113 Å². The minimum atomic E-state index is -0.420. The fourth-order valence-corrected chi connectivity index (χ4v) is 26.9. The molecule has 0 saturated heterocycles. The average molecular weight is 1880 g/mol. The lowest BCUT2D eigenvalue weighted by Crippen LogP contribution is -2.47. The third-order valence-electron chi connectivity index (χ3n) is 30.7. The van der Waals surface area contributed by atoms with Crippen LogP contribution in [0.2, 0.25) is 0 Å². The summed E-state index contributed by atoms with van der Waals surface area (Å²) in [6.45, 7) is 20.6. The molecule has 706 valence electrons. The number of thiophene rings is 3. The number of ether oxygens (including phenoxy) is 3. The number of nitrogens with zero attached hydrogens (tertiary/aromatic N) is 7. The van der Waals surface area contributed by atoms with Crippen LogP contribution in [0.3, 0.4) is 0 Å². The first kappa shape index (κ1) is 94.6. The number of amides is 5. The van der Waals surface area contributed by atoms with Gasteiger partial charge in [0.2, 0.25) is 0 Å². The van der Waals surface area contributed by atoms with Gasteiger partial charge in [-0.05, 0) is 224 Å². The quantitative estimate of drug-likeness (QED) is 0.00564. The number of pyridine rings is 2. The van der Waals surface area contributed by atoms with E-state index in [2.05, 4.69) is 154 Å². The average Bonchev–Trinajstić information content (AvgIpc) is 0.965. The normalized spacial score (nSPS) is 20.0. The number of aliphatic imine (C=N–C) groups is 1. The lowest BCUT2D eigenvalue weighted by atomic mass is 9.82. The molecule has 6 aliphatic rings. The number of rotatable bonds is 48. The second-order valence-electron chi connectivity index (χ2n) is 39.8. The minimum Gasteiger partial charge on any atom is -0.357 e. The van der Waals surface area contributed by atoms with E-state index < -0.39 is 11.8 Å². The van der Waals surface area contributed by atoms with Crippen molar-refractivity contribution in [2.75, 3.05) is 20.2 Å². The molecule has 136 heavy (non-hydrogen) atoms. The third-order valence-corrected chi connectivity index (χ3v) is 34.3. The van der Waals surface area contributed by atoms with E-state index in [4.69, 9.17) is 29.2 Å². The number of carbonyl (C=O) groups excluding carboxylic acids is 5. The second kappa shape index (κ2) is 43.3. The molecule has 16 nitrogen and oxygen atoms in total. The van der Waals surface area contributed by atoms with E-state index >= 15 is 19.2 Å². The first-order chi connectivity index (χ1) is 66.7. The molecule has 19 rings (SSSR count). The van der Waals surface area contributed by atoms with E-state index in [0.29, 0.717) is 62.0 Å². The molecule has 3 fully saturated rings. The number of imide groups is 2. The van der Waals surface area contributed by atoms with Crippen LogP contribution in [0.25, 0.3) is 106 Å². The molecule has 9 heterocycles. The smallest absolute Gasteiger partial charge is 0.345 e. The van der Waals surface area contributed by atoms with Crippen molar-refractivity contribution in [2.45, 2.75) is 284 Å². The highest BCUT2D eigenvalue weighted by molar-refractivity contribution is 7.27. The Morgan fingerprint density at radius 1 is 0.478 bits per heavy atom. The first-order valence-electron chi connectivity index (χ1n) is 51.6. The summed E-state index contributed by atoms with van der Waals surface area (Å²) in [6.07, 6.45) is 57.0. The van der Waals surface area contributed by atoms with Gasteiger partial charge in [-0.1, -0.05) is 230 Å². The highest BCUT2D eigenvalue weighted by Gasteiger charge is 2.43. The molecule has 1 N–H and O–H groups in total. The van der Waals surface area contributed by atoms with Crippen LogP contribution in [0, 0.1) is 42.4 Å². The van der Waals surface area contributed by atoms with E-state index in [-0.39, 0.29) is 91.9 Å². The van der Waals surface area contributed by atoms with Crippen LogP contribution in [-0.2, 0) is 33.7 Å². The largest absolute Gasteiger partial charge is 0.357 e. The number of benzene rings is 7. The minimum absolute atomic E-state index is 0.00382. The van der Waals surface area contributed by atoms with E-state index in [1.165, 1.54) is 145 Å². The zero-order valence-electron chi connectivity index (χ0n) is 80.3. The van der Waals surface area contributed by atoms with Crippen LogP contribution < -0.4 is 14.5 Å². The number of carbonyl (C=O) groups is 5. The summed E-state index contributed by atoms with van der Waals surface area (Å²) in [5.41, 5.74) is 10.8. The predicted octanol–water partition coefficient (Wildman–Crippen LogP) is 28.4. The lowest BCUT2D eigenvalue weighted by molar-refractivity contribution is -0.872. The Morgan fingerprint density at radius 3 is 1.49 bits per heavy atom. The molecule has 0 bridgehead atoms. The molecule has 6 aromatic heterocycles. The number of nitrogens with one attached hydrogen (secondary N) is 1. The van der Waals surface area contributed by atoms with Gasteiger partial charge in [0.15, 0.2) is 12.4 Å². The fraction of sp³-hybridized carbons (Fsp3) is 0.453. The summed E-state index contributed by atoms with van der Waals surface area (Å²) in [5, 5.41) is 11.6. The van der Waals surface area contributed by atoms with Gasteiger partial charge in [0, 0.05) is 110 Å². The number of aromatic nitrogens is 4. The lowest BCUT2D eigenvalue weighted by Gasteiger charge is -2.35. The third kappa shape index (κ3) is 19.5. The number of allylic oxidation sites excluding steroid dienone is 3. The van der Waals surface area contributed by atoms with Gasteiger partial charge in [-0.2, -0.15) is 0 Å². The van der Waals surface area contributed by atoms with Crippen molar-refractivity contribution in [3.05, 3.63) is 226 Å². The number of hydrogen-bond acceptors (Lipinski definition) is 14. The summed E-state index contributed by atoms with van der Waals surface area (Å²) in [7, 11) is 0. The molecule has 3 aliphatic heterocycles. The molecule has 3 aliphatic carbocycles. The molecule has 9 unspecified atom stereocenters. The maximum absolute atomic E-state index is 15.1. The van der Waals surface area contributed by atoms with Gasteiger partial charge < -0.3 is 19.5 Å². The number of fused-ring (bicyclic) bond motifs is 6. The Labute approximate surface area is 813 Å². The highest BCUT2D eigenvalue weighted by atomic mass is 32.1. The first-order valence-corrected chi connectivity index (χ1v) is 54.0. The number of hydrogen-bond donors (Lipinski definition) is 1. The number of aryl methyl sites for hydroxylation is 1. The van der Waals surface area contributed by atoms with Crippen molar-refractivity contribution in [3.63, 3.8) is 0 Å². The molecule has 0 radical (unpaired) electrons. The van der Waals surface area contributed by atoms with Crippen molar-refractivity contribution in [2.24, 2.45) is 40.5 Å².